The molecule has 4 aliphatic rings. The zero-order valence-electron chi connectivity index (χ0n) is 21.5. The topological polar surface area (TPSA) is 79.6 Å². The van der Waals surface area contributed by atoms with E-state index in [1.54, 1.807) is 12.1 Å². The highest BCUT2D eigenvalue weighted by molar-refractivity contribution is 6.26. The van der Waals surface area contributed by atoms with Gasteiger partial charge >= 0.3 is 0 Å². The molecule has 0 radical (unpaired) electrons. The van der Waals surface area contributed by atoms with Crippen LogP contribution in [-0.4, -0.2) is 29.6 Å². The molecule has 3 aromatic rings. The van der Waals surface area contributed by atoms with Crippen molar-refractivity contribution in [3.63, 3.8) is 0 Å². The third-order valence-corrected chi connectivity index (χ3v) is 9.39. The number of carbonyl (C=O) groups is 2. The number of hydrogen-bond acceptors (Lipinski definition) is 5. The number of aryl methyl sites for hydroxylation is 2. The Bertz CT molecular complexity index is 1540. The largest absolute Gasteiger partial charge is 0.493 e. The number of carbonyl (C=O) groups excluding carboxylic acids is 2. The number of fused-ring (bicyclic) bond motifs is 7. The highest BCUT2D eigenvalue weighted by atomic mass is 16.5. The van der Waals surface area contributed by atoms with E-state index in [2.05, 4.69) is 18.2 Å². The summed E-state index contributed by atoms with van der Waals surface area (Å²) < 4.78 is 12.8. The second kappa shape index (κ2) is 8.41. The third kappa shape index (κ3) is 3.28. The van der Waals surface area contributed by atoms with Crippen LogP contribution in [0.5, 0.6) is 5.75 Å². The molecule has 3 aliphatic heterocycles. The first kappa shape index (κ1) is 23.4. The van der Waals surface area contributed by atoms with Crippen molar-refractivity contribution in [2.45, 2.75) is 63.1 Å². The average molecular weight is 507 g/mol. The zero-order chi connectivity index (χ0) is 26.1. The van der Waals surface area contributed by atoms with E-state index in [-0.39, 0.29) is 11.8 Å². The summed E-state index contributed by atoms with van der Waals surface area (Å²) in [4.78, 5) is 29.3. The number of imide groups is 1. The Balaban J connectivity index is 1.18. The van der Waals surface area contributed by atoms with E-state index < -0.39 is 23.0 Å². The molecule has 1 aliphatic carbocycles. The van der Waals surface area contributed by atoms with Gasteiger partial charge in [-0.3, -0.25) is 9.59 Å². The van der Waals surface area contributed by atoms with Gasteiger partial charge in [-0.2, -0.15) is 5.26 Å². The minimum absolute atomic E-state index is 0.199. The Morgan fingerprint density at radius 1 is 0.974 bits per heavy atom. The van der Waals surface area contributed by atoms with Crippen LogP contribution in [-0.2, 0) is 27.2 Å². The molecular formula is C32H30N2O4. The van der Waals surface area contributed by atoms with Crippen molar-refractivity contribution >= 4 is 28.3 Å². The van der Waals surface area contributed by atoms with Crippen molar-refractivity contribution in [1.29, 1.82) is 5.26 Å². The summed E-state index contributed by atoms with van der Waals surface area (Å²) in [5, 5.41) is 11.0. The van der Waals surface area contributed by atoms with Gasteiger partial charge in [-0.25, -0.2) is 4.90 Å². The van der Waals surface area contributed by atoms with Crippen molar-refractivity contribution in [3.8, 4) is 11.8 Å². The van der Waals surface area contributed by atoms with Crippen LogP contribution in [0.25, 0.3) is 10.8 Å². The van der Waals surface area contributed by atoms with Crippen LogP contribution in [0.1, 0.15) is 55.7 Å². The molecule has 4 unspecified atom stereocenters. The molecule has 2 bridgehead atoms. The predicted molar refractivity (Wildman–Crippen MR) is 143 cm³/mol. The van der Waals surface area contributed by atoms with E-state index in [9.17, 15) is 14.9 Å². The first-order valence-corrected chi connectivity index (χ1v) is 13.7. The maximum atomic E-state index is 14.0. The van der Waals surface area contributed by atoms with Gasteiger partial charge in [0.1, 0.15) is 5.75 Å². The number of nitrogens with zero attached hydrogens (tertiary/aromatic N) is 2. The summed E-state index contributed by atoms with van der Waals surface area (Å²) in [6.07, 6.45) is 6.73. The number of rotatable bonds is 5. The smallest absolute Gasteiger partial charge is 0.240 e. The summed E-state index contributed by atoms with van der Waals surface area (Å²) in [7, 11) is 0. The molecule has 0 spiro atoms. The fourth-order valence-corrected chi connectivity index (χ4v) is 7.56. The normalized spacial score (nSPS) is 29.4. The van der Waals surface area contributed by atoms with Gasteiger partial charge in [0.2, 0.25) is 11.8 Å². The van der Waals surface area contributed by atoms with E-state index in [1.165, 1.54) is 28.9 Å². The highest BCUT2D eigenvalue weighted by Gasteiger charge is 2.73. The number of amides is 2. The SMILES string of the molecule is CC12CCC(CCOc3ccc4c(c3)CCCC4)(O1)C1C(=O)N(c3ccc(C#N)c4ccccc34)C(=O)C12. The van der Waals surface area contributed by atoms with E-state index in [0.717, 1.165) is 42.2 Å². The minimum Gasteiger partial charge on any atom is -0.493 e. The van der Waals surface area contributed by atoms with Crippen molar-refractivity contribution < 1.29 is 19.1 Å². The Kier molecular flexibility index (Phi) is 5.18. The van der Waals surface area contributed by atoms with Gasteiger partial charge in [0.05, 0.1) is 47.0 Å². The molecule has 3 saturated heterocycles. The van der Waals surface area contributed by atoms with Crippen molar-refractivity contribution in [2.24, 2.45) is 11.8 Å². The molecule has 38 heavy (non-hydrogen) atoms. The van der Waals surface area contributed by atoms with Crippen LogP contribution >= 0.6 is 0 Å². The van der Waals surface area contributed by atoms with E-state index in [1.807, 2.05) is 37.3 Å². The monoisotopic (exact) mass is 506 g/mol. The lowest BCUT2D eigenvalue weighted by atomic mass is 9.67. The maximum Gasteiger partial charge on any atom is 0.240 e. The molecule has 0 N–H and O–H groups in total. The van der Waals surface area contributed by atoms with Crippen LogP contribution in [0.3, 0.4) is 0 Å². The fraction of sp³-hybridized carbons (Fsp3) is 0.406. The first-order valence-electron chi connectivity index (χ1n) is 13.7. The Morgan fingerprint density at radius 2 is 1.74 bits per heavy atom. The van der Waals surface area contributed by atoms with Crippen molar-refractivity contribution in [1.82, 2.24) is 0 Å². The highest BCUT2D eigenvalue weighted by Crippen LogP contribution is 2.62. The van der Waals surface area contributed by atoms with Gasteiger partial charge in [0, 0.05) is 17.2 Å². The Labute approximate surface area is 222 Å². The average Bonchev–Trinajstić information content (AvgIpc) is 3.52. The lowest BCUT2D eigenvalue weighted by Crippen LogP contribution is -2.43. The van der Waals surface area contributed by atoms with Crippen LogP contribution in [0.4, 0.5) is 5.69 Å². The van der Waals surface area contributed by atoms with E-state index in [4.69, 9.17) is 9.47 Å². The number of hydrogen-bond donors (Lipinski definition) is 0. The number of ether oxygens (including phenoxy) is 2. The standard InChI is InChI=1S/C32H30N2O4/c1-31-14-15-32(38-31,16-17-37-23-12-10-20-6-2-3-7-21(20)18-23)28-27(31)29(35)34(30(28)36)26-13-11-22(19-33)24-8-4-5-9-25(24)26/h4-5,8-13,18,27-28H,2-3,6-7,14-17H2,1H3. The van der Waals surface area contributed by atoms with E-state index >= 15 is 0 Å². The molecule has 3 aromatic carbocycles. The zero-order valence-corrected chi connectivity index (χ0v) is 21.5. The van der Waals surface area contributed by atoms with Crippen molar-refractivity contribution in [2.75, 3.05) is 11.5 Å². The maximum absolute atomic E-state index is 14.0. The quantitative estimate of drug-likeness (QED) is 0.428. The lowest BCUT2D eigenvalue weighted by molar-refractivity contribution is -0.131. The van der Waals surface area contributed by atoms with Crippen LogP contribution in [0, 0.1) is 23.2 Å². The van der Waals surface area contributed by atoms with Gasteiger partial charge in [-0.05, 0) is 80.8 Å². The van der Waals surface area contributed by atoms with E-state index in [0.29, 0.717) is 24.3 Å². The van der Waals surface area contributed by atoms with Gasteiger partial charge in [-0.15, -0.1) is 0 Å². The first-order chi connectivity index (χ1) is 18.4. The van der Waals surface area contributed by atoms with Crippen LogP contribution in [0.2, 0.25) is 0 Å². The predicted octanol–water partition coefficient (Wildman–Crippen LogP) is 5.49. The van der Waals surface area contributed by atoms with Crippen LogP contribution < -0.4 is 9.64 Å². The van der Waals surface area contributed by atoms with Gasteiger partial charge in [0.25, 0.3) is 0 Å². The molecule has 7 rings (SSSR count). The lowest BCUT2D eigenvalue weighted by Gasteiger charge is -2.31. The Hall–Kier alpha value is -3.69. The van der Waals surface area contributed by atoms with Gasteiger partial charge in [0.15, 0.2) is 0 Å². The number of benzene rings is 3. The molecule has 2 amide bonds. The molecule has 3 fully saturated rings. The van der Waals surface area contributed by atoms with Gasteiger partial charge in [-0.1, -0.05) is 30.3 Å². The molecule has 192 valence electrons. The summed E-state index contributed by atoms with van der Waals surface area (Å²) in [5.74, 6) is -0.587. The second-order valence-corrected chi connectivity index (χ2v) is 11.5. The molecule has 6 heteroatoms. The molecule has 0 saturated carbocycles. The molecule has 3 heterocycles. The summed E-state index contributed by atoms with van der Waals surface area (Å²) >= 11 is 0. The molecular weight excluding hydrogens is 476 g/mol. The molecule has 0 aromatic heterocycles. The van der Waals surface area contributed by atoms with Crippen molar-refractivity contribution in [3.05, 3.63) is 71.3 Å². The summed E-state index contributed by atoms with van der Waals surface area (Å²) in [6.45, 7) is 2.41. The number of nitriles is 1. The number of anilines is 1. The Morgan fingerprint density at radius 3 is 2.55 bits per heavy atom. The molecule has 6 nitrogen and oxygen atoms in total. The summed E-state index contributed by atoms with van der Waals surface area (Å²) in [6, 6.07) is 19.5. The fourth-order valence-electron chi connectivity index (χ4n) is 7.56. The third-order valence-electron chi connectivity index (χ3n) is 9.39. The molecule has 4 atom stereocenters. The minimum atomic E-state index is -0.711. The van der Waals surface area contributed by atoms with Crippen LogP contribution in [0.15, 0.2) is 54.6 Å². The summed E-state index contributed by atoms with van der Waals surface area (Å²) in [5.41, 5.74) is 2.49. The second-order valence-electron chi connectivity index (χ2n) is 11.5. The van der Waals surface area contributed by atoms with Gasteiger partial charge < -0.3 is 9.47 Å².